The SMILES string of the molecule is C[C@@H](NCc1nnc(C2CC2)o1)[C@H]1COc2ccccc21. The predicted molar refractivity (Wildman–Crippen MR) is 77.3 cm³/mol. The third-order valence-corrected chi connectivity index (χ3v) is 4.32. The molecule has 110 valence electrons. The van der Waals surface area contributed by atoms with Gasteiger partial charge in [0.25, 0.3) is 0 Å². The van der Waals surface area contributed by atoms with Crippen LogP contribution >= 0.6 is 0 Å². The van der Waals surface area contributed by atoms with Crippen molar-refractivity contribution in [2.24, 2.45) is 0 Å². The molecule has 4 rings (SSSR count). The molecule has 1 aromatic heterocycles. The number of rotatable bonds is 5. The predicted octanol–water partition coefficient (Wildman–Crippen LogP) is 2.60. The van der Waals surface area contributed by atoms with E-state index < -0.39 is 0 Å². The summed E-state index contributed by atoms with van der Waals surface area (Å²) in [5, 5.41) is 11.7. The van der Waals surface area contributed by atoms with E-state index in [9.17, 15) is 0 Å². The van der Waals surface area contributed by atoms with Gasteiger partial charge >= 0.3 is 0 Å². The lowest BCUT2D eigenvalue weighted by atomic mass is 9.94. The molecule has 0 unspecified atom stereocenters. The van der Waals surface area contributed by atoms with Crippen molar-refractivity contribution in [3.63, 3.8) is 0 Å². The highest BCUT2D eigenvalue weighted by molar-refractivity contribution is 5.40. The number of nitrogens with one attached hydrogen (secondary N) is 1. The van der Waals surface area contributed by atoms with Gasteiger partial charge in [0, 0.05) is 23.4 Å². The topological polar surface area (TPSA) is 60.2 Å². The van der Waals surface area contributed by atoms with Crippen LogP contribution in [0.2, 0.25) is 0 Å². The van der Waals surface area contributed by atoms with Crippen LogP contribution in [0.1, 0.15) is 48.9 Å². The summed E-state index contributed by atoms with van der Waals surface area (Å²) < 4.78 is 11.4. The number of aromatic nitrogens is 2. The maximum atomic E-state index is 5.74. The van der Waals surface area contributed by atoms with E-state index in [0.717, 1.165) is 18.2 Å². The van der Waals surface area contributed by atoms with Gasteiger partial charge in [-0.25, -0.2) is 0 Å². The van der Waals surface area contributed by atoms with E-state index in [2.05, 4.69) is 34.6 Å². The minimum atomic E-state index is 0.296. The lowest BCUT2D eigenvalue weighted by Crippen LogP contribution is -2.32. The van der Waals surface area contributed by atoms with Crippen LogP contribution < -0.4 is 10.1 Å². The Bertz CT molecular complexity index is 636. The second-order valence-electron chi connectivity index (χ2n) is 5.93. The van der Waals surface area contributed by atoms with Gasteiger partial charge < -0.3 is 14.5 Å². The first-order chi connectivity index (χ1) is 10.3. The Morgan fingerprint density at radius 2 is 2.14 bits per heavy atom. The number of nitrogens with zero attached hydrogens (tertiary/aromatic N) is 2. The molecule has 2 atom stereocenters. The zero-order valence-electron chi connectivity index (χ0n) is 12.1. The molecule has 0 radical (unpaired) electrons. The minimum absolute atomic E-state index is 0.296. The van der Waals surface area contributed by atoms with Crippen molar-refractivity contribution in [1.82, 2.24) is 15.5 Å². The van der Waals surface area contributed by atoms with E-state index in [4.69, 9.17) is 9.15 Å². The first-order valence-corrected chi connectivity index (χ1v) is 7.58. The zero-order valence-corrected chi connectivity index (χ0v) is 12.1. The van der Waals surface area contributed by atoms with Gasteiger partial charge in [-0.15, -0.1) is 10.2 Å². The fraction of sp³-hybridized carbons (Fsp3) is 0.500. The molecule has 5 nitrogen and oxygen atoms in total. The van der Waals surface area contributed by atoms with E-state index in [-0.39, 0.29) is 0 Å². The molecular formula is C16H19N3O2. The molecular weight excluding hydrogens is 266 g/mol. The largest absolute Gasteiger partial charge is 0.493 e. The molecule has 2 aromatic rings. The van der Waals surface area contributed by atoms with Crippen LogP contribution in [-0.2, 0) is 6.54 Å². The molecule has 2 aliphatic rings. The number of benzene rings is 1. The van der Waals surface area contributed by atoms with E-state index in [1.807, 2.05) is 12.1 Å². The summed E-state index contributed by atoms with van der Waals surface area (Å²) in [7, 11) is 0. The van der Waals surface area contributed by atoms with Crippen LogP contribution in [0, 0.1) is 0 Å². The van der Waals surface area contributed by atoms with Crippen molar-refractivity contribution in [3.05, 3.63) is 41.6 Å². The Kier molecular flexibility index (Phi) is 3.15. The summed E-state index contributed by atoms with van der Waals surface area (Å²) in [6.45, 7) is 3.51. The highest BCUT2D eigenvalue weighted by atomic mass is 16.5. The average Bonchev–Trinajstić information content (AvgIpc) is 3.10. The van der Waals surface area contributed by atoms with Gasteiger partial charge in [-0.1, -0.05) is 18.2 Å². The second kappa shape index (κ2) is 5.15. The first kappa shape index (κ1) is 12.8. The zero-order chi connectivity index (χ0) is 14.2. The molecule has 0 amide bonds. The highest BCUT2D eigenvalue weighted by Gasteiger charge is 2.30. The van der Waals surface area contributed by atoms with Crippen molar-refractivity contribution in [1.29, 1.82) is 0 Å². The molecule has 1 aliphatic carbocycles. The number of ether oxygens (including phenoxy) is 1. The van der Waals surface area contributed by atoms with Crippen LogP contribution in [0.4, 0.5) is 0 Å². The monoisotopic (exact) mass is 285 g/mol. The third-order valence-electron chi connectivity index (χ3n) is 4.32. The fourth-order valence-electron chi connectivity index (χ4n) is 2.83. The number of hydrogen-bond acceptors (Lipinski definition) is 5. The maximum Gasteiger partial charge on any atom is 0.230 e. The quantitative estimate of drug-likeness (QED) is 0.915. The molecule has 1 N–H and O–H groups in total. The van der Waals surface area contributed by atoms with Gasteiger partial charge in [0.1, 0.15) is 5.75 Å². The van der Waals surface area contributed by atoms with Crippen molar-refractivity contribution in [2.75, 3.05) is 6.61 Å². The smallest absolute Gasteiger partial charge is 0.230 e. The summed E-state index contributed by atoms with van der Waals surface area (Å²) in [5.74, 6) is 3.36. The molecule has 1 saturated carbocycles. The molecule has 2 heterocycles. The molecule has 1 aliphatic heterocycles. The van der Waals surface area contributed by atoms with E-state index in [1.165, 1.54) is 18.4 Å². The van der Waals surface area contributed by atoms with Gasteiger partial charge in [-0.2, -0.15) is 0 Å². The van der Waals surface area contributed by atoms with Crippen LogP contribution in [0.5, 0.6) is 5.75 Å². The standard InChI is InChI=1S/C16H19N3O2/c1-10(13-9-20-14-5-3-2-4-12(13)14)17-8-15-18-19-16(21-15)11-6-7-11/h2-5,10-11,13,17H,6-9H2,1H3/t10-,13-/m1/s1. The van der Waals surface area contributed by atoms with Gasteiger partial charge in [-0.05, 0) is 25.8 Å². The summed E-state index contributed by atoms with van der Waals surface area (Å²) in [5.41, 5.74) is 1.28. The molecule has 0 saturated heterocycles. The van der Waals surface area contributed by atoms with Gasteiger partial charge in [-0.3, -0.25) is 0 Å². The minimum Gasteiger partial charge on any atom is -0.493 e. The van der Waals surface area contributed by atoms with Crippen molar-refractivity contribution >= 4 is 0 Å². The molecule has 0 bridgehead atoms. The van der Waals surface area contributed by atoms with Gasteiger partial charge in [0.2, 0.25) is 11.8 Å². The third kappa shape index (κ3) is 2.53. The summed E-state index contributed by atoms with van der Waals surface area (Å²) in [6, 6.07) is 8.54. The van der Waals surface area contributed by atoms with Crippen LogP contribution in [0.3, 0.4) is 0 Å². The van der Waals surface area contributed by atoms with E-state index in [1.54, 1.807) is 0 Å². The lowest BCUT2D eigenvalue weighted by molar-refractivity contribution is 0.299. The Morgan fingerprint density at radius 1 is 1.29 bits per heavy atom. The Morgan fingerprint density at radius 3 is 3.00 bits per heavy atom. The molecule has 1 fully saturated rings. The summed E-state index contributed by atoms with van der Waals surface area (Å²) in [6.07, 6.45) is 2.36. The molecule has 1 aromatic carbocycles. The Balaban J connectivity index is 1.38. The Hall–Kier alpha value is -1.88. The Labute approximate surface area is 123 Å². The van der Waals surface area contributed by atoms with Crippen molar-refractivity contribution in [2.45, 2.75) is 44.2 Å². The number of para-hydroxylation sites is 1. The molecule has 0 spiro atoms. The van der Waals surface area contributed by atoms with Crippen LogP contribution in [0.25, 0.3) is 0 Å². The molecule has 21 heavy (non-hydrogen) atoms. The van der Waals surface area contributed by atoms with Gasteiger partial charge in [0.05, 0.1) is 13.2 Å². The number of fused-ring (bicyclic) bond motifs is 1. The second-order valence-corrected chi connectivity index (χ2v) is 5.93. The van der Waals surface area contributed by atoms with Crippen molar-refractivity contribution < 1.29 is 9.15 Å². The van der Waals surface area contributed by atoms with Gasteiger partial charge in [0.15, 0.2) is 0 Å². The van der Waals surface area contributed by atoms with Crippen molar-refractivity contribution in [3.8, 4) is 5.75 Å². The summed E-state index contributed by atoms with van der Waals surface area (Å²) >= 11 is 0. The lowest BCUT2D eigenvalue weighted by Gasteiger charge is -2.18. The highest BCUT2D eigenvalue weighted by Crippen LogP contribution is 2.39. The van der Waals surface area contributed by atoms with E-state index in [0.29, 0.717) is 30.3 Å². The first-order valence-electron chi connectivity index (χ1n) is 7.58. The maximum absolute atomic E-state index is 5.74. The number of hydrogen-bond donors (Lipinski definition) is 1. The molecule has 5 heteroatoms. The van der Waals surface area contributed by atoms with Crippen LogP contribution in [-0.4, -0.2) is 22.8 Å². The summed E-state index contributed by atoms with van der Waals surface area (Å²) in [4.78, 5) is 0. The normalized spacial score (nSPS) is 21.9. The fourth-order valence-corrected chi connectivity index (χ4v) is 2.83. The average molecular weight is 285 g/mol. The van der Waals surface area contributed by atoms with E-state index >= 15 is 0 Å². The van der Waals surface area contributed by atoms with Crippen LogP contribution in [0.15, 0.2) is 28.7 Å².